The fraction of sp³-hybridized carbons (Fsp3) is 0.625. The number of pyridine rings is 1. The molecule has 7 nitrogen and oxygen atoms in total. The van der Waals surface area contributed by atoms with Crippen LogP contribution in [0.15, 0.2) is 29.4 Å². The maximum atomic E-state index is 12.6. The van der Waals surface area contributed by atoms with Gasteiger partial charge < -0.3 is 10.2 Å². The lowest BCUT2D eigenvalue weighted by atomic mass is 9.96. The molecular formula is C16H24N4O3S. The highest BCUT2D eigenvalue weighted by molar-refractivity contribution is 7.89. The molecule has 2 fully saturated rings. The zero-order chi connectivity index (χ0) is 17.2. The molecule has 2 aliphatic heterocycles. The van der Waals surface area contributed by atoms with Crippen LogP contribution in [0, 0.1) is 5.92 Å². The third-order valence-corrected chi connectivity index (χ3v) is 6.64. The van der Waals surface area contributed by atoms with Gasteiger partial charge in [0.15, 0.2) is 0 Å². The average molecular weight is 352 g/mol. The van der Waals surface area contributed by atoms with E-state index in [-0.39, 0.29) is 16.7 Å². The molecular weight excluding hydrogens is 328 g/mol. The van der Waals surface area contributed by atoms with Gasteiger partial charge >= 0.3 is 0 Å². The molecule has 1 amide bonds. The van der Waals surface area contributed by atoms with Crippen molar-refractivity contribution in [3.8, 4) is 0 Å². The molecule has 0 bridgehead atoms. The summed E-state index contributed by atoms with van der Waals surface area (Å²) in [5.74, 6) is 0.0948. The van der Waals surface area contributed by atoms with Crippen LogP contribution in [0.4, 0.5) is 0 Å². The third-order valence-electron chi connectivity index (χ3n) is 4.76. The number of piperazine rings is 1. The summed E-state index contributed by atoms with van der Waals surface area (Å²) in [5, 5.41) is 3.33. The van der Waals surface area contributed by atoms with E-state index in [1.807, 2.05) is 4.90 Å². The topological polar surface area (TPSA) is 82.6 Å². The molecule has 3 rings (SSSR count). The van der Waals surface area contributed by atoms with Gasteiger partial charge in [0.2, 0.25) is 15.9 Å². The molecule has 2 aliphatic rings. The largest absolute Gasteiger partial charge is 0.340 e. The van der Waals surface area contributed by atoms with Gasteiger partial charge in [0.05, 0.1) is 0 Å². The Morgan fingerprint density at radius 3 is 2.67 bits per heavy atom. The fourth-order valence-electron chi connectivity index (χ4n) is 3.38. The highest BCUT2D eigenvalue weighted by atomic mass is 32.2. The maximum Gasteiger partial charge on any atom is 0.244 e. The quantitative estimate of drug-likeness (QED) is 0.846. The molecule has 1 unspecified atom stereocenters. The molecule has 132 valence electrons. The smallest absolute Gasteiger partial charge is 0.244 e. The normalized spacial score (nSPS) is 24.0. The molecule has 3 heterocycles. The molecule has 1 aromatic rings. The average Bonchev–Trinajstić information content (AvgIpc) is 2.62. The van der Waals surface area contributed by atoms with Gasteiger partial charge in [0, 0.05) is 57.1 Å². The lowest BCUT2D eigenvalue weighted by Gasteiger charge is -2.37. The van der Waals surface area contributed by atoms with Crippen molar-refractivity contribution in [1.29, 1.82) is 0 Å². The van der Waals surface area contributed by atoms with E-state index in [4.69, 9.17) is 0 Å². The highest BCUT2D eigenvalue weighted by Crippen LogP contribution is 2.25. The summed E-state index contributed by atoms with van der Waals surface area (Å²) in [6.45, 7) is 5.12. The van der Waals surface area contributed by atoms with Crippen LogP contribution < -0.4 is 5.32 Å². The summed E-state index contributed by atoms with van der Waals surface area (Å²) >= 11 is 0. The Bertz CT molecular complexity index is 672. The minimum absolute atomic E-state index is 0.0735. The van der Waals surface area contributed by atoms with Crippen LogP contribution >= 0.6 is 0 Å². The summed E-state index contributed by atoms with van der Waals surface area (Å²) < 4.78 is 26.6. The molecule has 1 aromatic heterocycles. The summed E-state index contributed by atoms with van der Waals surface area (Å²) in [7, 11) is -3.51. The molecule has 8 heteroatoms. The first-order chi connectivity index (χ1) is 11.5. The first-order valence-electron chi connectivity index (χ1n) is 8.41. The van der Waals surface area contributed by atoms with Gasteiger partial charge in [-0.3, -0.25) is 9.78 Å². The van der Waals surface area contributed by atoms with Crippen LogP contribution in [0.25, 0.3) is 0 Å². The van der Waals surface area contributed by atoms with E-state index >= 15 is 0 Å². The van der Waals surface area contributed by atoms with Gasteiger partial charge in [0.25, 0.3) is 0 Å². The Hall–Kier alpha value is -1.51. The van der Waals surface area contributed by atoms with E-state index in [0.717, 1.165) is 19.6 Å². The van der Waals surface area contributed by atoms with Crippen molar-refractivity contribution in [2.24, 2.45) is 5.92 Å². The number of sulfonamides is 1. The molecule has 1 N–H and O–H groups in total. The number of hydrogen-bond acceptors (Lipinski definition) is 5. The molecule has 1 atom stereocenters. The second-order valence-electron chi connectivity index (χ2n) is 6.51. The second-order valence-corrected chi connectivity index (χ2v) is 8.44. The van der Waals surface area contributed by atoms with E-state index in [0.29, 0.717) is 32.0 Å². The number of hydrogen-bond donors (Lipinski definition) is 1. The number of piperidine rings is 1. The van der Waals surface area contributed by atoms with Gasteiger partial charge in [-0.1, -0.05) is 0 Å². The predicted octanol–water partition coefficient (Wildman–Crippen LogP) is 0.303. The minimum atomic E-state index is -3.51. The van der Waals surface area contributed by atoms with E-state index < -0.39 is 10.0 Å². The first kappa shape index (κ1) is 17.3. The Labute approximate surface area is 143 Å². The number of nitrogens with zero attached hydrogens (tertiary/aromatic N) is 3. The number of carbonyl (C=O) groups excluding carboxylic acids is 1. The van der Waals surface area contributed by atoms with Crippen LogP contribution in [0.2, 0.25) is 0 Å². The fourth-order valence-corrected chi connectivity index (χ4v) is 4.82. The molecule has 0 saturated carbocycles. The van der Waals surface area contributed by atoms with Gasteiger partial charge in [-0.25, -0.2) is 8.42 Å². The second kappa shape index (κ2) is 7.16. The molecule has 0 aromatic carbocycles. The summed E-state index contributed by atoms with van der Waals surface area (Å²) in [4.78, 5) is 18.7. The predicted molar refractivity (Wildman–Crippen MR) is 89.8 cm³/mol. The lowest BCUT2D eigenvalue weighted by molar-refractivity contribution is -0.137. The van der Waals surface area contributed by atoms with Gasteiger partial charge in [-0.2, -0.15) is 4.31 Å². The highest BCUT2D eigenvalue weighted by Gasteiger charge is 2.34. The van der Waals surface area contributed by atoms with Gasteiger partial charge in [-0.15, -0.1) is 0 Å². The first-order valence-corrected chi connectivity index (χ1v) is 9.85. The van der Waals surface area contributed by atoms with Crippen LogP contribution in [0.5, 0.6) is 0 Å². The SMILES string of the molecule is CC1CN(C(=O)C2CCN(S(=O)(=O)c3cccnc3)CC2)CCN1. The Kier molecular flexibility index (Phi) is 5.17. The Morgan fingerprint density at radius 2 is 2.04 bits per heavy atom. The zero-order valence-corrected chi connectivity index (χ0v) is 14.7. The van der Waals surface area contributed by atoms with Crippen molar-refractivity contribution in [3.05, 3.63) is 24.5 Å². The molecule has 0 aliphatic carbocycles. The molecule has 2 saturated heterocycles. The summed E-state index contributed by atoms with van der Waals surface area (Å²) in [5.41, 5.74) is 0. The van der Waals surface area contributed by atoms with Crippen molar-refractivity contribution < 1.29 is 13.2 Å². The Morgan fingerprint density at radius 1 is 1.29 bits per heavy atom. The number of rotatable bonds is 3. The number of nitrogens with one attached hydrogen (secondary N) is 1. The summed E-state index contributed by atoms with van der Waals surface area (Å²) in [6.07, 6.45) is 4.08. The van der Waals surface area contributed by atoms with Crippen LogP contribution in [0.3, 0.4) is 0 Å². The lowest BCUT2D eigenvalue weighted by Crippen LogP contribution is -2.54. The van der Waals surface area contributed by atoms with Crippen LogP contribution in [-0.4, -0.2) is 67.3 Å². The number of aromatic nitrogens is 1. The zero-order valence-electron chi connectivity index (χ0n) is 13.9. The van der Waals surface area contributed by atoms with Crippen molar-refractivity contribution in [3.63, 3.8) is 0 Å². The van der Waals surface area contributed by atoms with Gasteiger partial charge in [-0.05, 0) is 31.9 Å². The third kappa shape index (κ3) is 3.60. The van der Waals surface area contributed by atoms with Crippen LogP contribution in [0.1, 0.15) is 19.8 Å². The monoisotopic (exact) mass is 352 g/mol. The van der Waals surface area contributed by atoms with Crippen LogP contribution in [-0.2, 0) is 14.8 Å². The van der Waals surface area contributed by atoms with Crippen molar-refractivity contribution in [2.75, 3.05) is 32.7 Å². The minimum Gasteiger partial charge on any atom is -0.340 e. The van der Waals surface area contributed by atoms with E-state index in [2.05, 4.69) is 17.2 Å². The van der Waals surface area contributed by atoms with Crippen molar-refractivity contribution >= 4 is 15.9 Å². The number of amides is 1. The van der Waals surface area contributed by atoms with E-state index in [1.54, 1.807) is 18.3 Å². The van der Waals surface area contributed by atoms with Gasteiger partial charge in [0.1, 0.15) is 4.90 Å². The van der Waals surface area contributed by atoms with E-state index in [1.165, 1.54) is 10.5 Å². The van der Waals surface area contributed by atoms with Crippen molar-refractivity contribution in [2.45, 2.75) is 30.7 Å². The standard InChI is InChI=1S/C16H24N4O3S/c1-13-12-19(10-7-18-13)16(21)14-4-8-20(9-5-14)24(22,23)15-3-2-6-17-11-15/h2-3,6,11,13-14,18H,4-5,7-10,12H2,1H3. The Balaban J connectivity index is 1.60. The van der Waals surface area contributed by atoms with Crippen molar-refractivity contribution in [1.82, 2.24) is 19.5 Å². The number of carbonyl (C=O) groups is 1. The van der Waals surface area contributed by atoms with E-state index in [9.17, 15) is 13.2 Å². The summed E-state index contributed by atoms with van der Waals surface area (Å²) in [6, 6.07) is 3.49. The molecule has 0 radical (unpaired) electrons. The molecule has 0 spiro atoms. The maximum absolute atomic E-state index is 12.6. The molecule has 24 heavy (non-hydrogen) atoms.